The fourth-order valence-electron chi connectivity index (χ4n) is 1.95. The Bertz CT molecular complexity index is 512. The van der Waals surface area contributed by atoms with Gasteiger partial charge in [-0.25, -0.2) is 0 Å². The van der Waals surface area contributed by atoms with E-state index in [0.29, 0.717) is 6.42 Å². The molecule has 0 fully saturated rings. The molecule has 88 valence electrons. The van der Waals surface area contributed by atoms with Crippen LogP contribution < -0.4 is 0 Å². The molecule has 0 bridgehead atoms. The minimum Gasteiger partial charge on any atom is -0.294 e. The van der Waals surface area contributed by atoms with Gasteiger partial charge in [-0.3, -0.25) is 4.79 Å². The summed E-state index contributed by atoms with van der Waals surface area (Å²) in [6, 6.07) is 10.1. The van der Waals surface area contributed by atoms with Gasteiger partial charge in [-0.2, -0.15) is 0 Å². The Morgan fingerprint density at radius 1 is 1.24 bits per heavy atom. The standard InChI is InChI=1S/C15H16OS/c1-11-5-7-14(12(2)10-11)15(16)8-6-13-4-3-9-17-13/h3-5,7,9-10H,6,8H2,1-2H3. The molecule has 1 aromatic carbocycles. The van der Waals surface area contributed by atoms with E-state index in [2.05, 4.69) is 17.5 Å². The third kappa shape index (κ3) is 3.04. The van der Waals surface area contributed by atoms with Gasteiger partial charge in [-0.1, -0.05) is 29.8 Å². The molecule has 1 nitrogen and oxygen atoms in total. The maximum absolute atomic E-state index is 12.1. The van der Waals surface area contributed by atoms with Crippen LogP contribution in [0.2, 0.25) is 0 Å². The smallest absolute Gasteiger partial charge is 0.163 e. The zero-order chi connectivity index (χ0) is 12.3. The number of Topliss-reactive ketones (excluding diaryl/α,β-unsaturated/α-hetero) is 1. The van der Waals surface area contributed by atoms with Crippen molar-refractivity contribution < 1.29 is 4.79 Å². The van der Waals surface area contributed by atoms with Crippen molar-refractivity contribution in [3.8, 4) is 0 Å². The Hall–Kier alpha value is -1.41. The minimum atomic E-state index is 0.246. The Kier molecular flexibility index (Phi) is 3.75. The van der Waals surface area contributed by atoms with E-state index in [0.717, 1.165) is 17.5 Å². The van der Waals surface area contributed by atoms with Crippen LogP contribution in [0.3, 0.4) is 0 Å². The molecule has 0 aliphatic carbocycles. The number of thiophene rings is 1. The molecule has 1 aromatic heterocycles. The fraction of sp³-hybridized carbons (Fsp3) is 0.267. The molecule has 2 aromatic rings. The van der Waals surface area contributed by atoms with Crippen molar-refractivity contribution in [1.29, 1.82) is 0 Å². The molecule has 0 saturated heterocycles. The first kappa shape index (κ1) is 12.1. The molecule has 0 spiro atoms. The highest BCUT2D eigenvalue weighted by Gasteiger charge is 2.09. The molecule has 0 aliphatic heterocycles. The van der Waals surface area contributed by atoms with E-state index in [4.69, 9.17) is 0 Å². The van der Waals surface area contributed by atoms with Crippen LogP contribution in [0.15, 0.2) is 35.7 Å². The Balaban J connectivity index is 2.04. The highest BCUT2D eigenvalue weighted by Crippen LogP contribution is 2.16. The largest absolute Gasteiger partial charge is 0.294 e. The lowest BCUT2D eigenvalue weighted by Crippen LogP contribution is -2.03. The number of hydrogen-bond donors (Lipinski definition) is 0. The van der Waals surface area contributed by atoms with Gasteiger partial charge in [0.2, 0.25) is 0 Å². The Morgan fingerprint density at radius 2 is 2.06 bits per heavy atom. The van der Waals surface area contributed by atoms with Crippen molar-refractivity contribution in [2.75, 3.05) is 0 Å². The third-order valence-corrected chi connectivity index (χ3v) is 3.80. The normalized spacial score (nSPS) is 10.5. The van der Waals surface area contributed by atoms with Gasteiger partial charge in [0.05, 0.1) is 0 Å². The number of benzene rings is 1. The number of carbonyl (C=O) groups is 1. The maximum atomic E-state index is 12.1. The first-order valence-electron chi connectivity index (χ1n) is 5.79. The average molecular weight is 244 g/mol. The monoisotopic (exact) mass is 244 g/mol. The predicted molar refractivity (Wildman–Crippen MR) is 72.9 cm³/mol. The zero-order valence-electron chi connectivity index (χ0n) is 10.2. The number of ketones is 1. The Morgan fingerprint density at radius 3 is 2.71 bits per heavy atom. The fourth-order valence-corrected chi connectivity index (χ4v) is 2.66. The van der Waals surface area contributed by atoms with Crippen LogP contribution in [0.1, 0.15) is 32.8 Å². The summed E-state index contributed by atoms with van der Waals surface area (Å²) in [6.45, 7) is 4.05. The molecule has 0 unspecified atom stereocenters. The Labute approximate surface area is 106 Å². The number of rotatable bonds is 4. The van der Waals surface area contributed by atoms with E-state index < -0.39 is 0 Å². The molecule has 0 amide bonds. The van der Waals surface area contributed by atoms with Crippen molar-refractivity contribution in [2.24, 2.45) is 0 Å². The summed E-state index contributed by atoms with van der Waals surface area (Å²) in [6.07, 6.45) is 1.45. The van der Waals surface area contributed by atoms with Crippen LogP contribution in [0.25, 0.3) is 0 Å². The van der Waals surface area contributed by atoms with E-state index in [1.54, 1.807) is 11.3 Å². The van der Waals surface area contributed by atoms with E-state index >= 15 is 0 Å². The van der Waals surface area contributed by atoms with Gasteiger partial charge in [0.15, 0.2) is 5.78 Å². The molecule has 0 aliphatic rings. The van der Waals surface area contributed by atoms with Crippen LogP contribution in [0.5, 0.6) is 0 Å². The highest BCUT2D eigenvalue weighted by molar-refractivity contribution is 7.09. The highest BCUT2D eigenvalue weighted by atomic mass is 32.1. The molecule has 2 rings (SSSR count). The second-order valence-electron chi connectivity index (χ2n) is 4.32. The topological polar surface area (TPSA) is 17.1 Å². The van der Waals surface area contributed by atoms with Crippen LogP contribution in [0.4, 0.5) is 0 Å². The summed E-state index contributed by atoms with van der Waals surface area (Å²) >= 11 is 1.71. The lowest BCUT2D eigenvalue weighted by atomic mass is 9.99. The lowest BCUT2D eigenvalue weighted by molar-refractivity contribution is 0.0982. The molecule has 1 heterocycles. The SMILES string of the molecule is Cc1ccc(C(=O)CCc2cccs2)c(C)c1. The molecule has 0 N–H and O–H groups in total. The van der Waals surface area contributed by atoms with Crippen molar-refractivity contribution in [3.05, 3.63) is 57.3 Å². The molecular formula is C15H16OS. The summed E-state index contributed by atoms with van der Waals surface area (Å²) in [4.78, 5) is 13.4. The van der Waals surface area contributed by atoms with Crippen molar-refractivity contribution in [3.63, 3.8) is 0 Å². The molecule has 17 heavy (non-hydrogen) atoms. The molecular weight excluding hydrogens is 228 g/mol. The first-order chi connectivity index (χ1) is 8.16. The second kappa shape index (κ2) is 5.28. The molecule has 2 heteroatoms. The molecule has 0 saturated carbocycles. The van der Waals surface area contributed by atoms with E-state index in [1.807, 2.05) is 32.0 Å². The van der Waals surface area contributed by atoms with E-state index in [-0.39, 0.29) is 5.78 Å². The summed E-state index contributed by atoms with van der Waals surface area (Å²) in [5.74, 6) is 0.246. The van der Waals surface area contributed by atoms with Gasteiger partial charge < -0.3 is 0 Å². The van der Waals surface area contributed by atoms with Crippen molar-refractivity contribution >= 4 is 17.1 Å². The van der Waals surface area contributed by atoms with Gasteiger partial charge in [-0.15, -0.1) is 11.3 Å². The van der Waals surface area contributed by atoms with Gasteiger partial charge in [0, 0.05) is 16.9 Å². The summed E-state index contributed by atoms with van der Waals surface area (Å²) in [5.41, 5.74) is 3.16. The quantitative estimate of drug-likeness (QED) is 0.737. The molecule has 0 radical (unpaired) electrons. The minimum absolute atomic E-state index is 0.246. The van der Waals surface area contributed by atoms with Gasteiger partial charge in [0.25, 0.3) is 0 Å². The van der Waals surface area contributed by atoms with Gasteiger partial charge >= 0.3 is 0 Å². The number of carbonyl (C=O) groups excluding carboxylic acids is 1. The third-order valence-electron chi connectivity index (χ3n) is 2.86. The van der Waals surface area contributed by atoms with Crippen molar-refractivity contribution in [2.45, 2.75) is 26.7 Å². The van der Waals surface area contributed by atoms with Crippen molar-refractivity contribution in [1.82, 2.24) is 0 Å². The molecule has 0 atom stereocenters. The van der Waals surface area contributed by atoms with Crippen LogP contribution in [-0.2, 0) is 6.42 Å². The van der Waals surface area contributed by atoms with Gasteiger partial charge in [-0.05, 0) is 37.3 Å². The number of aryl methyl sites for hydroxylation is 3. The average Bonchev–Trinajstić information content (AvgIpc) is 2.78. The number of hydrogen-bond acceptors (Lipinski definition) is 2. The van der Waals surface area contributed by atoms with E-state index in [1.165, 1.54) is 10.4 Å². The summed E-state index contributed by atoms with van der Waals surface area (Å²) < 4.78 is 0. The van der Waals surface area contributed by atoms with Crippen LogP contribution in [0, 0.1) is 13.8 Å². The van der Waals surface area contributed by atoms with E-state index in [9.17, 15) is 4.79 Å². The lowest BCUT2D eigenvalue weighted by Gasteiger charge is -2.05. The summed E-state index contributed by atoms with van der Waals surface area (Å²) in [7, 11) is 0. The predicted octanol–water partition coefficient (Wildman–Crippen LogP) is 4.18. The summed E-state index contributed by atoms with van der Waals surface area (Å²) in [5, 5.41) is 2.05. The van der Waals surface area contributed by atoms with Crippen LogP contribution >= 0.6 is 11.3 Å². The maximum Gasteiger partial charge on any atom is 0.163 e. The second-order valence-corrected chi connectivity index (χ2v) is 5.35. The zero-order valence-corrected chi connectivity index (χ0v) is 11.0. The van der Waals surface area contributed by atoms with Crippen LogP contribution in [-0.4, -0.2) is 5.78 Å². The first-order valence-corrected chi connectivity index (χ1v) is 6.67. The van der Waals surface area contributed by atoms with Gasteiger partial charge in [0.1, 0.15) is 0 Å².